The van der Waals surface area contributed by atoms with Crippen molar-refractivity contribution in [3.63, 3.8) is 0 Å². The maximum atomic E-state index is 16.0. The molecule has 9 atom stereocenters. The highest BCUT2D eigenvalue weighted by atomic mass is 16.6. The van der Waals surface area contributed by atoms with E-state index in [2.05, 4.69) is 0 Å². The molecule has 3 aromatic rings. The van der Waals surface area contributed by atoms with Crippen molar-refractivity contribution in [2.45, 2.75) is 110 Å². The second kappa shape index (κ2) is 16.7. The van der Waals surface area contributed by atoms with Crippen molar-refractivity contribution in [3.8, 4) is 11.5 Å². The summed E-state index contributed by atoms with van der Waals surface area (Å²) in [7, 11) is 0. The first-order chi connectivity index (χ1) is 28.9. The third kappa shape index (κ3) is 7.90. The largest absolute Gasteiger partial charge is 0.461 e. The Morgan fingerprint density at radius 3 is 2.03 bits per heavy atom. The number of rotatable bonds is 11. The molecule has 61 heavy (non-hydrogen) atoms. The number of hydrogen-bond acceptors (Lipinski definition) is 13. The predicted molar refractivity (Wildman–Crippen MR) is 220 cm³/mol. The quantitative estimate of drug-likeness (QED) is 0.0945. The van der Waals surface area contributed by atoms with Crippen LogP contribution in [-0.2, 0) is 59.0 Å². The van der Waals surface area contributed by atoms with Gasteiger partial charge in [-0.25, -0.2) is 4.79 Å². The number of Topliss-reactive ketones (excluding diaryl/α,β-unsaturated/α-hetero) is 1. The van der Waals surface area contributed by atoms with E-state index in [-0.39, 0.29) is 31.6 Å². The van der Waals surface area contributed by atoms with E-state index in [0.717, 1.165) is 5.56 Å². The third-order valence-corrected chi connectivity index (χ3v) is 13.0. The number of carbonyl (C=O) groups is 5. The van der Waals surface area contributed by atoms with Gasteiger partial charge in [-0.3, -0.25) is 19.2 Å². The van der Waals surface area contributed by atoms with Crippen molar-refractivity contribution < 1.29 is 62.2 Å². The molecule has 3 aliphatic carbocycles. The van der Waals surface area contributed by atoms with E-state index in [9.17, 15) is 24.3 Å². The highest BCUT2D eigenvalue weighted by Crippen LogP contribution is 2.65. The fourth-order valence-corrected chi connectivity index (χ4v) is 10.1. The van der Waals surface area contributed by atoms with Gasteiger partial charge in [0, 0.05) is 51.0 Å². The van der Waals surface area contributed by atoms with Crippen LogP contribution in [0.15, 0.2) is 102 Å². The van der Waals surface area contributed by atoms with Crippen LogP contribution in [0.25, 0.3) is 6.08 Å². The zero-order valence-corrected chi connectivity index (χ0v) is 35.4. The Balaban J connectivity index is 1.37. The molecule has 0 spiro atoms. The van der Waals surface area contributed by atoms with E-state index in [0.29, 0.717) is 22.6 Å². The smallest absolute Gasteiger partial charge is 0.331 e. The lowest BCUT2D eigenvalue weighted by molar-refractivity contribution is -0.352. The minimum atomic E-state index is -2.03. The molecule has 7 rings (SSSR count). The molecule has 4 aliphatic rings. The van der Waals surface area contributed by atoms with Crippen LogP contribution in [-0.4, -0.2) is 83.1 Å². The normalized spacial score (nSPS) is 31.3. The number of carbonyl (C=O) groups excluding carboxylic acids is 5. The summed E-state index contributed by atoms with van der Waals surface area (Å²) in [5.74, 6) is -3.62. The number of fused-ring (bicyclic) bond motifs is 5. The second-order valence-electron chi connectivity index (χ2n) is 17.1. The van der Waals surface area contributed by atoms with Crippen LogP contribution < -0.4 is 4.74 Å². The number of ketones is 1. The van der Waals surface area contributed by atoms with Crippen molar-refractivity contribution in [3.05, 3.63) is 113 Å². The zero-order chi connectivity index (χ0) is 43.9. The number of benzene rings is 3. The fourth-order valence-electron chi connectivity index (χ4n) is 10.1. The lowest BCUT2D eigenvalue weighted by Crippen LogP contribution is -2.82. The van der Waals surface area contributed by atoms with Gasteiger partial charge < -0.3 is 38.3 Å². The summed E-state index contributed by atoms with van der Waals surface area (Å²) in [5.41, 5.74) is -4.93. The van der Waals surface area contributed by atoms with Gasteiger partial charge in [0.25, 0.3) is 0 Å². The Kier molecular flexibility index (Phi) is 11.9. The zero-order valence-electron chi connectivity index (χ0n) is 35.4. The fraction of sp³-hybridized carbons (Fsp3) is 0.438. The Labute approximate surface area is 354 Å². The molecule has 0 unspecified atom stereocenters. The maximum Gasteiger partial charge on any atom is 0.331 e. The van der Waals surface area contributed by atoms with Gasteiger partial charge in [0.05, 0.1) is 24.7 Å². The van der Waals surface area contributed by atoms with Gasteiger partial charge in [-0.05, 0) is 66.5 Å². The van der Waals surface area contributed by atoms with Crippen LogP contribution in [0.1, 0.15) is 72.4 Å². The van der Waals surface area contributed by atoms with Gasteiger partial charge in [0.2, 0.25) is 0 Å². The van der Waals surface area contributed by atoms with Crippen molar-refractivity contribution in [1.82, 2.24) is 0 Å². The summed E-state index contributed by atoms with van der Waals surface area (Å²) >= 11 is 0. The molecule has 2 bridgehead atoms. The molecule has 322 valence electrons. The maximum absolute atomic E-state index is 16.0. The molecular formula is C48H52O13. The van der Waals surface area contributed by atoms with Crippen LogP contribution in [0, 0.1) is 16.7 Å². The van der Waals surface area contributed by atoms with Gasteiger partial charge in [-0.1, -0.05) is 74.5 Å². The number of para-hydroxylation sites is 1. The monoisotopic (exact) mass is 836 g/mol. The first kappa shape index (κ1) is 43.5. The average molecular weight is 837 g/mol. The lowest BCUT2D eigenvalue weighted by Gasteiger charge is -2.68. The van der Waals surface area contributed by atoms with E-state index in [1.165, 1.54) is 32.9 Å². The molecule has 13 heteroatoms. The van der Waals surface area contributed by atoms with E-state index in [4.69, 9.17) is 33.2 Å². The highest BCUT2D eigenvalue weighted by Gasteiger charge is 2.78. The molecule has 13 nitrogen and oxygen atoms in total. The molecule has 3 fully saturated rings. The van der Waals surface area contributed by atoms with Crippen molar-refractivity contribution >= 4 is 35.7 Å². The van der Waals surface area contributed by atoms with Crippen LogP contribution in [0.3, 0.4) is 0 Å². The molecule has 2 saturated carbocycles. The molecule has 0 amide bonds. The van der Waals surface area contributed by atoms with E-state index in [1.54, 1.807) is 52.0 Å². The second-order valence-corrected chi connectivity index (χ2v) is 17.1. The van der Waals surface area contributed by atoms with Crippen molar-refractivity contribution in [2.75, 3.05) is 6.61 Å². The van der Waals surface area contributed by atoms with Crippen LogP contribution >= 0.6 is 0 Å². The minimum absolute atomic E-state index is 0.0522. The minimum Gasteiger partial charge on any atom is -0.461 e. The average Bonchev–Trinajstić information content (AvgIpc) is 3.20. The highest BCUT2D eigenvalue weighted by molar-refractivity contribution is 5.97. The summed E-state index contributed by atoms with van der Waals surface area (Å²) in [6.07, 6.45) is -3.83. The molecule has 1 N–H and O–H groups in total. The number of ether oxygens (including phenoxy) is 7. The molecular weight excluding hydrogens is 785 g/mol. The summed E-state index contributed by atoms with van der Waals surface area (Å²) in [5, 5.41) is 13.7. The Morgan fingerprint density at radius 1 is 0.820 bits per heavy atom. The first-order valence-corrected chi connectivity index (χ1v) is 20.4. The number of aliphatic hydroxyl groups is 1. The Hall–Kier alpha value is -5.63. The van der Waals surface area contributed by atoms with Crippen molar-refractivity contribution in [2.24, 2.45) is 16.7 Å². The SMILES string of the molecule is CC(=O)O[C@H]1C[C@@]2(O)[C@@H](OCc3ccccc3)[C@@H]3[C@]4(OC(C)=O)CO[C@@H]4C[C@H](OC(C)=O)[C@@]3(C)C(=O)[C@H](OC(=O)/C=C/c3ccc(Oc4ccccc4)cc3)C(=C1C)C2(C)C. The molecule has 1 saturated heterocycles. The summed E-state index contributed by atoms with van der Waals surface area (Å²) < 4.78 is 43.2. The standard InChI is InChI=1S/C48H52O13/c1-28-36(57-29(2)49)25-48(54)44(55-26-33-14-10-8-11-15-33)42-46(7,37(58-30(3)50)24-38-47(42,27-56-38)61-31(4)51)43(53)41(40(28)45(48,5)6)60-39(52)23-20-32-18-21-35(22-19-32)59-34-16-12-9-13-17-34/h8-23,36-38,41-42,44,54H,24-27H2,1-7H3/b23-20+/t36-,37-,38+,41+,42-,44-,46+,47-,48+/m0/s1. The number of hydrogen-bond donors (Lipinski definition) is 1. The lowest BCUT2D eigenvalue weighted by atomic mass is 9.44. The van der Waals surface area contributed by atoms with Gasteiger partial charge in [0.1, 0.15) is 35.4 Å². The van der Waals surface area contributed by atoms with E-state index >= 15 is 4.79 Å². The van der Waals surface area contributed by atoms with Crippen LogP contribution in [0.4, 0.5) is 0 Å². The summed E-state index contributed by atoms with van der Waals surface area (Å²) in [6, 6.07) is 25.5. The molecule has 0 aromatic heterocycles. The predicted octanol–water partition coefficient (Wildman–Crippen LogP) is 6.64. The van der Waals surface area contributed by atoms with Gasteiger partial charge in [0.15, 0.2) is 17.5 Å². The number of esters is 4. The Bertz CT molecular complexity index is 2230. The third-order valence-electron chi connectivity index (χ3n) is 13.0. The molecule has 1 aliphatic heterocycles. The first-order valence-electron chi connectivity index (χ1n) is 20.4. The topological polar surface area (TPSA) is 170 Å². The summed E-state index contributed by atoms with van der Waals surface area (Å²) in [4.78, 5) is 68.7. The van der Waals surface area contributed by atoms with E-state index in [1.807, 2.05) is 60.7 Å². The summed E-state index contributed by atoms with van der Waals surface area (Å²) in [6.45, 7) is 10.2. The van der Waals surface area contributed by atoms with E-state index < -0.39 is 88.1 Å². The molecule has 1 heterocycles. The van der Waals surface area contributed by atoms with Crippen LogP contribution in [0.2, 0.25) is 0 Å². The van der Waals surface area contributed by atoms with Gasteiger partial charge in [-0.15, -0.1) is 0 Å². The molecule has 3 aromatic carbocycles. The van der Waals surface area contributed by atoms with Crippen LogP contribution in [0.5, 0.6) is 11.5 Å². The molecule has 0 radical (unpaired) electrons. The van der Waals surface area contributed by atoms with Gasteiger partial charge in [-0.2, -0.15) is 0 Å². The van der Waals surface area contributed by atoms with Gasteiger partial charge >= 0.3 is 23.9 Å². The van der Waals surface area contributed by atoms with Crippen molar-refractivity contribution in [1.29, 1.82) is 0 Å². The Morgan fingerprint density at radius 2 is 1.44 bits per heavy atom.